The summed E-state index contributed by atoms with van der Waals surface area (Å²) < 4.78 is 5.05. The highest BCUT2D eigenvalue weighted by Crippen LogP contribution is 2.32. The van der Waals surface area contributed by atoms with Crippen LogP contribution in [0.15, 0.2) is 24.3 Å². The largest absolute Gasteiger partial charge is 0.465 e. The molecule has 0 saturated heterocycles. The van der Waals surface area contributed by atoms with Gasteiger partial charge < -0.3 is 4.74 Å². The normalized spacial score (nSPS) is 23.2. The molecule has 3 nitrogen and oxygen atoms in total. The summed E-state index contributed by atoms with van der Waals surface area (Å²) >= 11 is 0. The van der Waals surface area contributed by atoms with Crippen LogP contribution in [0.25, 0.3) is 0 Å². The van der Waals surface area contributed by atoms with Crippen LogP contribution in [0.1, 0.15) is 49.7 Å². The van der Waals surface area contributed by atoms with Crippen LogP contribution in [0.4, 0.5) is 0 Å². The van der Waals surface area contributed by atoms with Crippen LogP contribution in [0, 0.1) is 12.8 Å². The lowest BCUT2D eigenvalue weighted by atomic mass is 9.86. The predicted molar refractivity (Wildman–Crippen MR) is 77.5 cm³/mol. The molecule has 0 heterocycles. The highest BCUT2D eigenvalue weighted by atomic mass is 16.5. The molecule has 1 aromatic carbocycles. The van der Waals surface area contributed by atoms with E-state index in [4.69, 9.17) is 4.74 Å². The molecule has 2 unspecified atom stereocenters. The maximum absolute atomic E-state index is 12.6. The third kappa shape index (κ3) is 3.27. The van der Waals surface area contributed by atoms with Gasteiger partial charge in [0.1, 0.15) is 5.92 Å². The van der Waals surface area contributed by atoms with Crippen LogP contribution >= 0.6 is 0 Å². The van der Waals surface area contributed by atoms with Crippen LogP contribution in [0.2, 0.25) is 0 Å². The van der Waals surface area contributed by atoms with Crippen molar-refractivity contribution in [3.63, 3.8) is 0 Å². The number of aryl methyl sites for hydroxylation is 1. The first-order chi connectivity index (χ1) is 9.63. The highest BCUT2D eigenvalue weighted by Gasteiger charge is 2.35. The Kier molecular flexibility index (Phi) is 4.94. The topological polar surface area (TPSA) is 43.4 Å². The van der Waals surface area contributed by atoms with E-state index in [0.717, 1.165) is 24.8 Å². The van der Waals surface area contributed by atoms with Gasteiger partial charge in [-0.25, -0.2) is 0 Å². The van der Waals surface area contributed by atoms with Crippen molar-refractivity contribution in [3.05, 3.63) is 35.4 Å². The molecule has 20 heavy (non-hydrogen) atoms. The Bertz CT molecular complexity index is 476. The first-order valence-corrected chi connectivity index (χ1v) is 7.40. The zero-order valence-electron chi connectivity index (χ0n) is 12.2. The smallest absolute Gasteiger partial charge is 0.316 e. The molecule has 0 spiro atoms. The third-order valence-corrected chi connectivity index (χ3v) is 3.97. The molecule has 0 amide bonds. The molecule has 0 N–H and O–H groups in total. The van der Waals surface area contributed by atoms with E-state index in [1.807, 2.05) is 31.2 Å². The Morgan fingerprint density at radius 3 is 2.50 bits per heavy atom. The molecular weight excluding hydrogens is 252 g/mol. The van der Waals surface area contributed by atoms with Gasteiger partial charge in [0, 0.05) is 5.92 Å². The number of rotatable bonds is 3. The molecular formula is C17H22O3. The Morgan fingerprint density at radius 1 is 1.20 bits per heavy atom. The average molecular weight is 274 g/mol. The highest BCUT2D eigenvalue weighted by molar-refractivity contribution is 6.02. The summed E-state index contributed by atoms with van der Waals surface area (Å²) in [5.41, 5.74) is 2.20. The lowest BCUT2D eigenvalue weighted by molar-refractivity contribution is -0.152. The summed E-state index contributed by atoms with van der Waals surface area (Å²) in [5.74, 6) is -1.06. The quantitative estimate of drug-likeness (QED) is 0.482. The average Bonchev–Trinajstić information content (AvgIpc) is 2.62. The van der Waals surface area contributed by atoms with Crippen LogP contribution in [0.3, 0.4) is 0 Å². The van der Waals surface area contributed by atoms with Crippen molar-refractivity contribution >= 4 is 11.8 Å². The Hall–Kier alpha value is -1.64. The monoisotopic (exact) mass is 274 g/mol. The van der Waals surface area contributed by atoms with Crippen molar-refractivity contribution < 1.29 is 14.3 Å². The van der Waals surface area contributed by atoms with E-state index in [1.165, 1.54) is 5.56 Å². The molecule has 108 valence electrons. The van der Waals surface area contributed by atoms with E-state index in [2.05, 4.69) is 0 Å². The number of hydrogen-bond acceptors (Lipinski definition) is 3. The number of hydrogen-bond donors (Lipinski definition) is 0. The van der Waals surface area contributed by atoms with Crippen molar-refractivity contribution in [2.45, 2.75) is 45.4 Å². The number of carbonyl (C=O) groups is 2. The minimum atomic E-state index is -0.580. The van der Waals surface area contributed by atoms with Gasteiger partial charge in [0.05, 0.1) is 6.61 Å². The first kappa shape index (κ1) is 14.8. The van der Waals surface area contributed by atoms with Gasteiger partial charge >= 0.3 is 5.97 Å². The number of ketones is 1. The molecule has 1 aliphatic rings. The summed E-state index contributed by atoms with van der Waals surface area (Å²) in [4.78, 5) is 24.6. The summed E-state index contributed by atoms with van der Waals surface area (Å²) in [6, 6.07) is 8.05. The second kappa shape index (κ2) is 6.69. The van der Waals surface area contributed by atoms with Crippen molar-refractivity contribution in [2.75, 3.05) is 6.61 Å². The van der Waals surface area contributed by atoms with Crippen LogP contribution in [0.5, 0.6) is 0 Å². The molecule has 1 aliphatic carbocycles. The third-order valence-electron chi connectivity index (χ3n) is 3.97. The second-order valence-corrected chi connectivity index (χ2v) is 5.45. The van der Waals surface area contributed by atoms with Crippen LogP contribution in [-0.4, -0.2) is 18.4 Å². The summed E-state index contributed by atoms with van der Waals surface area (Å²) in [6.07, 6.45) is 3.36. The van der Waals surface area contributed by atoms with E-state index in [-0.39, 0.29) is 17.7 Å². The fourth-order valence-electron chi connectivity index (χ4n) is 2.83. The maximum Gasteiger partial charge on any atom is 0.316 e. The Morgan fingerprint density at radius 2 is 1.85 bits per heavy atom. The van der Waals surface area contributed by atoms with Gasteiger partial charge in [0.2, 0.25) is 0 Å². The first-order valence-electron chi connectivity index (χ1n) is 7.40. The molecule has 2 rings (SSSR count). The Labute approximate surface area is 120 Å². The summed E-state index contributed by atoms with van der Waals surface area (Å²) in [5, 5.41) is 0. The molecule has 3 heteroatoms. The van der Waals surface area contributed by atoms with Crippen molar-refractivity contribution in [2.24, 2.45) is 5.92 Å². The minimum absolute atomic E-state index is 0.0322. The van der Waals surface area contributed by atoms with E-state index in [9.17, 15) is 9.59 Å². The summed E-state index contributed by atoms with van der Waals surface area (Å²) in [7, 11) is 0. The van der Waals surface area contributed by atoms with Crippen molar-refractivity contribution in [1.29, 1.82) is 0 Å². The van der Waals surface area contributed by atoms with Gasteiger partial charge in [-0.3, -0.25) is 9.59 Å². The van der Waals surface area contributed by atoms with Gasteiger partial charge in [-0.1, -0.05) is 42.7 Å². The molecule has 2 atom stereocenters. The molecule has 0 radical (unpaired) electrons. The van der Waals surface area contributed by atoms with E-state index in [1.54, 1.807) is 6.92 Å². The van der Waals surface area contributed by atoms with Gasteiger partial charge in [0.25, 0.3) is 0 Å². The van der Waals surface area contributed by atoms with E-state index in [0.29, 0.717) is 13.0 Å². The van der Waals surface area contributed by atoms with Crippen molar-refractivity contribution in [1.82, 2.24) is 0 Å². The lowest BCUT2D eigenvalue weighted by Gasteiger charge is -2.18. The van der Waals surface area contributed by atoms with Gasteiger partial charge in [-0.2, -0.15) is 0 Å². The fourth-order valence-corrected chi connectivity index (χ4v) is 2.83. The molecule has 1 saturated carbocycles. The molecule has 0 bridgehead atoms. The van der Waals surface area contributed by atoms with Crippen LogP contribution < -0.4 is 0 Å². The molecule has 1 aromatic rings. The van der Waals surface area contributed by atoms with Crippen LogP contribution in [-0.2, 0) is 14.3 Å². The fraction of sp³-hybridized carbons (Fsp3) is 0.529. The standard InChI is InChI=1S/C17H22O3/c1-3-20-17(19)15-7-5-4-6-14(16(15)18)13-10-8-12(2)9-11-13/h8-11,14-15H,3-7H2,1-2H3. The number of esters is 1. The van der Waals surface area contributed by atoms with Gasteiger partial charge in [-0.15, -0.1) is 0 Å². The van der Waals surface area contributed by atoms with E-state index >= 15 is 0 Å². The minimum Gasteiger partial charge on any atom is -0.465 e. The number of carbonyl (C=O) groups excluding carboxylic acids is 2. The zero-order valence-corrected chi connectivity index (χ0v) is 12.2. The number of ether oxygens (including phenoxy) is 1. The van der Waals surface area contributed by atoms with E-state index < -0.39 is 5.92 Å². The molecule has 0 aromatic heterocycles. The number of Topliss-reactive ketones (excluding diaryl/α,β-unsaturated/α-hetero) is 1. The zero-order chi connectivity index (χ0) is 14.5. The lowest BCUT2D eigenvalue weighted by Crippen LogP contribution is -2.29. The Balaban J connectivity index is 2.21. The number of benzene rings is 1. The summed E-state index contributed by atoms with van der Waals surface area (Å²) in [6.45, 7) is 4.13. The van der Waals surface area contributed by atoms with Gasteiger partial charge in [0.15, 0.2) is 5.78 Å². The van der Waals surface area contributed by atoms with Crippen molar-refractivity contribution in [3.8, 4) is 0 Å². The molecule has 0 aliphatic heterocycles. The molecule has 1 fully saturated rings. The predicted octanol–water partition coefficient (Wildman–Crippen LogP) is 3.40. The SMILES string of the molecule is CCOC(=O)C1CCCCC(c2ccc(C)cc2)C1=O. The van der Waals surface area contributed by atoms with Gasteiger partial charge in [-0.05, 0) is 32.3 Å². The maximum atomic E-state index is 12.6. The second-order valence-electron chi connectivity index (χ2n) is 5.45.